The van der Waals surface area contributed by atoms with Crippen LogP contribution in [-0.4, -0.2) is 52.2 Å². The molecule has 0 spiro atoms. The zero-order valence-electron chi connectivity index (χ0n) is 16.3. The van der Waals surface area contributed by atoms with Gasteiger partial charge in [-0.25, -0.2) is 8.42 Å². The normalized spacial score (nSPS) is 15.4. The van der Waals surface area contributed by atoms with E-state index in [0.29, 0.717) is 35.3 Å². The Bertz CT molecular complexity index is 748. The number of rotatable bonds is 8. The highest BCUT2D eigenvalue weighted by Crippen LogP contribution is 2.30. The van der Waals surface area contributed by atoms with Crippen molar-refractivity contribution in [1.29, 1.82) is 0 Å². The van der Waals surface area contributed by atoms with Crippen molar-refractivity contribution in [1.82, 2.24) is 4.90 Å². The third kappa shape index (κ3) is 6.01. The largest absolute Gasteiger partial charge is 0.495 e. The predicted molar refractivity (Wildman–Crippen MR) is 109 cm³/mol. The number of amides is 1. The molecule has 0 aromatic heterocycles. The lowest BCUT2D eigenvalue weighted by molar-refractivity contribution is -0.132. The molecule has 1 fully saturated rings. The molecule has 0 saturated heterocycles. The van der Waals surface area contributed by atoms with Gasteiger partial charge in [0.15, 0.2) is 0 Å². The fraction of sp³-hybridized carbons (Fsp3) is 0.632. The maximum absolute atomic E-state index is 12.5. The lowest BCUT2D eigenvalue weighted by Crippen LogP contribution is -2.38. The minimum atomic E-state index is -3.48. The molecule has 27 heavy (non-hydrogen) atoms. The molecule has 8 heteroatoms. The highest BCUT2D eigenvalue weighted by molar-refractivity contribution is 7.92. The number of benzene rings is 1. The molecule has 1 aliphatic carbocycles. The molecule has 0 atom stereocenters. The summed E-state index contributed by atoms with van der Waals surface area (Å²) in [5.74, 6) is 0.557. The van der Waals surface area contributed by atoms with E-state index in [1.54, 1.807) is 18.2 Å². The number of hydrogen-bond acceptors (Lipinski definition) is 4. The van der Waals surface area contributed by atoms with Gasteiger partial charge in [-0.05, 0) is 37.5 Å². The van der Waals surface area contributed by atoms with Crippen LogP contribution in [0.2, 0.25) is 5.02 Å². The summed E-state index contributed by atoms with van der Waals surface area (Å²) >= 11 is 6.13. The molecule has 0 heterocycles. The third-order valence-corrected chi connectivity index (χ3v) is 6.58. The Morgan fingerprint density at radius 3 is 2.48 bits per heavy atom. The molecule has 1 aliphatic rings. The van der Waals surface area contributed by atoms with Gasteiger partial charge in [0.25, 0.3) is 0 Å². The third-order valence-electron chi connectivity index (χ3n) is 5.09. The maximum Gasteiger partial charge on any atom is 0.232 e. The summed E-state index contributed by atoms with van der Waals surface area (Å²) in [6, 6.07) is 5.18. The van der Waals surface area contributed by atoms with Gasteiger partial charge in [-0.3, -0.25) is 9.10 Å². The molecule has 0 unspecified atom stereocenters. The topological polar surface area (TPSA) is 66.9 Å². The second-order valence-electron chi connectivity index (χ2n) is 7.05. The van der Waals surface area contributed by atoms with Crippen molar-refractivity contribution in [3.8, 4) is 5.75 Å². The average Bonchev–Trinajstić information content (AvgIpc) is 2.64. The Morgan fingerprint density at radius 1 is 1.26 bits per heavy atom. The SMILES string of the molecule is COc1ccc(N(CCCC(=O)N(C)C2CCCCC2)S(C)(=O)=O)cc1Cl. The number of carbonyl (C=O) groups is 1. The van der Waals surface area contributed by atoms with Crippen LogP contribution in [0.3, 0.4) is 0 Å². The van der Waals surface area contributed by atoms with Gasteiger partial charge >= 0.3 is 0 Å². The van der Waals surface area contributed by atoms with E-state index >= 15 is 0 Å². The van der Waals surface area contributed by atoms with Crippen LogP contribution in [0.1, 0.15) is 44.9 Å². The lowest BCUT2D eigenvalue weighted by atomic mass is 9.94. The van der Waals surface area contributed by atoms with Gasteiger partial charge in [-0.1, -0.05) is 30.9 Å². The van der Waals surface area contributed by atoms with E-state index in [9.17, 15) is 13.2 Å². The highest BCUT2D eigenvalue weighted by atomic mass is 35.5. The summed E-state index contributed by atoms with van der Waals surface area (Å²) in [6.07, 6.45) is 7.62. The number of halogens is 1. The van der Waals surface area contributed by atoms with Crippen LogP contribution >= 0.6 is 11.6 Å². The van der Waals surface area contributed by atoms with Crippen molar-refractivity contribution < 1.29 is 17.9 Å². The molecule has 6 nitrogen and oxygen atoms in total. The monoisotopic (exact) mass is 416 g/mol. The fourth-order valence-electron chi connectivity index (χ4n) is 3.52. The molecule has 1 saturated carbocycles. The van der Waals surface area contributed by atoms with Gasteiger partial charge < -0.3 is 9.64 Å². The Balaban J connectivity index is 1.99. The van der Waals surface area contributed by atoms with E-state index in [-0.39, 0.29) is 12.5 Å². The molecule has 0 aliphatic heterocycles. The summed E-state index contributed by atoms with van der Waals surface area (Å²) in [7, 11) is -0.123. The van der Waals surface area contributed by atoms with E-state index in [2.05, 4.69) is 0 Å². The van der Waals surface area contributed by atoms with Crippen LogP contribution < -0.4 is 9.04 Å². The number of methoxy groups -OCH3 is 1. The van der Waals surface area contributed by atoms with Crippen LogP contribution in [0.25, 0.3) is 0 Å². The van der Waals surface area contributed by atoms with Crippen LogP contribution in [-0.2, 0) is 14.8 Å². The summed E-state index contributed by atoms with van der Waals surface area (Å²) in [6.45, 7) is 0.228. The maximum atomic E-state index is 12.5. The molecule has 0 N–H and O–H groups in total. The van der Waals surface area contributed by atoms with Gasteiger partial charge in [0.05, 0.1) is 24.1 Å². The Labute approximate surface area is 167 Å². The van der Waals surface area contributed by atoms with Gasteiger partial charge in [-0.2, -0.15) is 0 Å². The Hall–Kier alpha value is -1.47. The molecular formula is C19H29ClN2O4S. The second kappa shape index (κ2) is 9.64. The molecule has 152 valence electrons. The summed E-state index contributed by atoms with van der Waals surface area (Å²) in [5.41, 5.74) is 0.469. The van der Waals surface area contributed by atoms with Crippen LogP contribution in [0.5, 0.6) is 5.75 Å². The van der Waals surface area contributed by atoms with Crippen LogP contribution in [0.4, 0.5) is 5.69 Å². The molecule has 2 rings (SSSR count). The van der Waals surface area contributed by atoms with E-state index < -0.39 is 10.0 Å². The quantitative estimate of drug-likeness (QED) is 0.648. The Morgan fingerprint density at radius 2 is 1.93 bits per heavy atom. The van der Waals surface area contributed by atoms with Crippen molar-refractivity contribution in [2.45, 2.75) is 51.0 Å². The first-order valence-electron chi connectivity index (χ1n) is 9.31. The molecule has 1 amide bonds. The van der Waals surface area contributed by atoms with Crippen molar-refractivity contribution >= 4 is 33.2 Å². The van der Waals surface area contributed by atoms with Gasteiger partial charge in [-0.15, -0.1) is 0 Å². The zero-order valence-corrected chi connectivity index (χ0v) is 17.9. The molecule has 0 bridgehead atoms. The van der Waals surface area contributed by atoms with Gasteiger partial charge in [0, 0.05) is 26.1 Å². The van der Waals surface area contributed by atoms with E-state index in [1.165, 1.54) is 30.7 Å². The Kier molecular flexibility index (Phi) is 7.79. The number of anilines is 1. The second-order valence-corrected chi connectivity index (χ2v) is 9.37. The smallest absolute Gasteiger partial charge is 0.232 e. The van der Waals surface area contributed by atoms with Gasteiger partial charge in [0.2, 0.25) is 15.9 Å². The van der Waals surface area contributed by atoms with Crippen molar-refractivity contribution in [3.63, 3.8) is 0 Å². The highest BCUT2D eigenvalue weighted by Gasteiger charge is 2.23. The van der Waals surface area contributed by atoms with Crippen LogP contribution in [0.15, 0.2) is 18.2 Å². The lowest BCUT2D eigenvalue weighted by Gasteiger charge is -2.31. The average molecular weight is 417 g/mol. The van der Waals surface area contributed by atoms with E-state index in [0.717, 1.165) is 19.1 Å². The van der Waals surface area contributed by atoms with Crippen molar-refractivity contribution in [2.24, 2.45) is 0 Å². The van der Waals surface area contributed by atoms with Crippen LogP contribution in [0, 0.1) is 0 Å². The zero-order chi connectivity index (χ0) is 20.0. The standard InChI is InChI=1S/C19H29ClN2O4S/c1-21(15-8-5-4-6-9-15)19(23)10-7-13-22(27(3,24)25)16-11-12-18(26-2)17(20)14-16/h11-12,14-15H,4-10,13H2,1-3H3. The van der Waals surface area contributed by atoms with Crippen molar-refractivity contribution in [2.75, 3.05) is 31.3 Å². The first kappa shape index (κ1) is 21.8. The molecule has 0 radical (unpaired) electrons. The summed E-state index contributed by atoms with van der Waals surface area (Å²) in [4.78, 5) is 14.3. The van der Waals surface area contributed by atoms with Gasteiger partial charge in [0.1, 0.15) is 5.75 Å². The minimum absolute atomic E-state index is 0.0723. The van der Waals surface area contributed by atoms with E-state index in [1.807, 2.05) is 11.9 Å². The molecule has 1 aromatic rings. The minimum Gasteiger partial charge on any atom is -0.495 e. The van der Waals surface area contributed by atoms with E-state index in [4.69, 9.17) is 16.3 Å². The predicted octanol–water partition coefficient (Wildman–Crippen LogP) is 3.69. The summed E-state index contributed by atoms with van der Waals surface area (Å²) in [5, 5.41) is 0.344. The van der Waals surface area contributed by atoms with Crippen molar-refractivity contribution in [3.05, 3.63) is 23.2 Å². The molecular weight excluding hydrogens is 388 g/mol. The first-order chi connectivity index (χ1) is 12.7. The molecule has 1 aromatic carbocycles. The number of carbonyl (C=O) groups excluding carboxylic acids is 1. The number of nitrogens with zero attached hydrogens (tertiary/aromatic N) is 2. The fourth-order valence-corrected chi connectivity index (χ4v) is 4.73. The number of sulfonamides is 1. The number of ether oxygens (including phenoxy) is 1. The first-order valence-corrected chi connectivity index (χ1v) is 11.5. The number of hydrogen-bond donors (Lipinski definition) is 0. The summed E-state index contributed by atoms with van der Waals surface area (Å²) < 4.78 is 30.8.